The number of hydrogen-bond donors (Lipinski definition) is 1. The van der Waals surface area contributed by atoms with Gasteiger partial charge >= 0.3 is 0 Å². The monoisotopic (exact) mass is 171 g/mol. The van der Waals surface area contributed by atoms with E-state index in [2.05, 4.69) is 20.4 Å². The van der Waals surface area contributed by atoms with Crippen LogP contribution in [0.2, 0.25) is 0 Å². The standard InChI is InChI=1S/C9H19N.C2H6/c1-5-9(4,10)7-6-8(2)3;1-2/h5,8H,1,6-7,10H2,2-4H3;1-2H3. The molecular weight excluding hydrogens is 146 g/mol. The Balaban J connectivity index is 0. The Hall–Kier alpha value is -0.300. The van der Waals surface area contributed by atoms with Gasteiger partial charge in [0.2, 0.25) is 0 Å². The smallest absolute Gasteiger partial charge is 0.0307 e. The highest BCUT2D eigenvalue weighted by Crippen LogP contribution is 2.13. The summed E-state index contributed by atoms with van der Waals surface area (Å²) in [5.74, 6) is 0.739. The molecule has 0 heterocycles. The predicted molar refractivity (Wildman–Crippen MR) is 58.2 cm³/mol. The molecule has 0 aliphatic rings. The third kappa shape index (κ3) is 9.70. The minimum Gasteiger partial charge on any atom is -0.322 e. The minimum atomic E-state index is -0.162. The molecule has 1 heteroatoms. The van der Waals surface area contributed by atoms with Crippen LogP contribution in [0.4, 0.5) is 0 Å². The molecular formula is C11H25N. The molecule has 0 aliphatic heterocycles. The van der Waals surface area contributed by atoms with Crippen LogP contribution in [0.3, 0.4) is 0 Å². The lowest BCUT2D eigenvalue weighted by molar-refractivity contribution is 0.450. The maximum Gasteiger partial charge on any atom is 0.0307 e. The van der Waals surface area contributed by atoms with E-state index in [1.165, 1.54) is 6.42 Å². The van der Waals surface area contributed by atoms with Gasteiger partial charge in [0.05, 0.1) is 0 Å². The van der Waals surface area contributed by atoms with Gasteiger partial charge in [-0.15, -0.1) is 6.58 Å². The second-order valence-electron chi connectivity index (χ2n) is 3.64. The quantitative estimate of drug-likeness (QED) is 0.645. The Kier molecular flexibility index (Phi) is 8.73. The highest BCUT2D eigenvalue weighted by atomic mass is 14.7. The Morgan fingerprint density at radius 3 is 2.08 bits per heavy atom. The molecule has 0 aromatic carbocycles. The van der Waals surface area contributed by atoms with Crippen molar-refractivity contribution in [3.8, 4) is 0 Å². The van der Waals surface area contributed by atoms with Gasteiger partial charge in [-0.3, -0.25) is 0 Å². The van der Waals surface area contributed by atoms with Gasteiger partial charge in [0.1, 0.15) is 0 Å². The Bertz CT molecular complexity index is 104. The fourth-order valence-electron chi connectivity index (χ4n) is 0.702. The summed E-state index contributed by atoms with van der Waals surface area (Å²) in [4.78, 5) is 0. The summed E-state index contributed by atoms with van der Waals surface area (Å²) in [5, 5.41) is 0. The van der Waals surface area contributed by atoms with Crippen molar-refractivity contribution in [3.05, 3.63) is 12.7 Å². The van der Waals surface area contributed by atoms with Gasteiger partial charge in [0, 0.05) is 5.54 Å². The van der Waals surface area contributed by atoms with Crippen LogP contribution in [0, 0.1) is 5.92 Å². The lowest BCUT2D eigenvalue weighted by atomic mass is 9.93. The van der Waals surface area contributed by atoms with Crippen molar-refractivity contribution in [2.45, 2.75) is 53.0 Å². The molecule has 1 unspecified atom stereocenters. The number of hydrogen-bond acceptors (Lipinski definition) is 1. The lowest BCUT2D eigenvalue weighted by Crippen LogP contribution is -2.33. The molecule has 0 fully saturated rings. The van der Waals surface area contributed by atoms with Crippen LogP contribution in [0.25, 0.3) is 0 Å². The van der Waals surface area contributed by atoms with Gasteiger partial charge in [-0.05, 0) is 25.7 Å². The zero-order valence-corrected chi connectivity index (χ0v) is 9.35. The van der Waals surface area contributed by atoms with Crippen LogP contribution in [0.5, 0.6) is 0 Å². The molecule has 2 N–H and O–H groups in total. The molecule has 0 aliphatic carbocycles. The Labute approximate surface area is 78.0 Å². The Morgan fingerprint density at radius 1 is 1.42 bits per heavy atom. The fraction of sp³-hybridized carbons (Fsp3) is 0.818. The summed E-state index contributed by atoms with van der Waals surface area (Å²) in [6.07, 6.45) is 4.04. The van der Waals surface area contributed by atoms with E-state index < -0.39 is 0 Å². The highest BCUT2D eigenvalue weighted by Gasteiger charge is 2.12. The first-order valence-electron chi connectivity index (χ1n) is 4.90. The van der Waals surface area contributed by atoms with Gasteiger partial charge in [-0.25, -0.2) is 0 Å². The first kappa shape index (κ1) is 14.2. The molecule has 0 aromatic rings. The molecule has 0 amide bonds. The van der Waals surface area contributed by atoms with Crippen LogP contribution in [-0.2, 0) is 0 Å². The minimum absolute atomic E-state index is 0.162. The first-order valence-corrected chi connectivity index (χ1v) is 4.90. The molecule has 0 saturated heterocycles. The summed E-state index contributed by atoms with van der Waals surface area (Å²) in [7, 11) is 0. The summed E-state index contributed by atoms with van der Waals surface area (Å²) in [6, 6.07) is 0. The van der Waals surface area contributed by atoms with E-state index >= 15 is 0 Å². The van der Waals surface area contributed by atoms with Gasteiger partial charge in [-0.1, -0.05) is 33.8 Å². The summed E-state index contributed by atoms with van der Waals surface area (Å²) >= 11 is 0. The maximum atomic E-state index is 5.85. The average molecular weight is 171 g/mol. The third-order valence-electron chi connectivity index (χ3n) is 1.73. The van der Waals surface area contributed by atoms with E-state index in [4.69, 9.17) is 5.73 Å². The van der Waals surface area contributed by atoms with Crippen molar-refractivity contribution in [2.75, 3.05) is 0 Å². The van der Waals surface area contributed by atoms with Gasteiger partial charge in [0.15, 0.2) is 0 Å². The molecule has 0 saturated carbocycles. The van der Waals surface area contributed by atoms with E-state index in [0.29, 0.717) is 0 Å². The topological polar surface area (TPSA) is 26.0 Å². The SMILES string of the molecule is C=CC(C)(N)CCC(C)C.CC. The largest absolute Gasteiger partial charge is 0.322 e. The van der Waals surface area contributed by atoms with Gasteiger partial charge < -0.3 is 5.73 Å². The van der Waals surface area contributed by atoms with Crippen molar-refractivity contribution < 1.29 is 0 Å². The number of rotatable bonds is 4. The van der Waals surface area contributed by atoms with Crippen LogP contribution in [0.1, 0.15) is 47.5 Å². The van der Waals surface area contributed by atoms with Crippen molar-refractivity contribution in [1.82, 2.24) is 0 Å². The zero-order valence-electron chi connectivity index (χ0n) is 9.35. The van der Waals surface area contributed by atoms with Crippen molar-refractivity contribution in [1.29, 1.82) is 0 Å². The lowest BCUT2D eigenvalue weighted by Gasteiger charge is -2.20. The van der Waals surface area contributed by atoms with Crippen LogP contribution >= 0.6 is 0 Å². The van der Waals surface area contributed by atoms with Gasteiger partial charge in [0.25, 0.3) is 0 Å². The average Bonchev–Trinajstić information content (AvgIpc) is 2.05. The van der Waals surface area contributed by atoms with E-state index in [0.717, 1.165) is 12.3 Å². The second kappa shape index (κ2) is 7.35. The van der Waals surface area contributed by atoms with Crippen LogP contribution in [-0.4, -0.2) is 5.54 Å². The zero-order chi connectivity index (χ0) is 10.2. The fourth-order valence-corrected chi connectivity index (χ4v) is 0.702. The summed E-state index contributed by atoms with van der Waals surface area (Å²) in [5.41, 5.74) is 5.68. The molecule has 0 radical (unpaired) electrons. The third-order valence-corrected chi connectivity index (χ3v) is 1.73. The Morgan fingerprint density at radius 2 is 1.83 bits per heavy atom. The van der Waals surface area contributed by atoms with E-state index in [-0.39, 0.29) is 5.54 Å². The predicted octanol–water partition coefficient (Wildman–Crippen LogP) is 3.35. The van der Waals surface area contributed by atoms with Crippen molar-refractivity contribution in [3.63, 3.8) is 0 Å². The summed E-state index contributed by atoms with van der Waals surface area (Å²) < 4.78 is 0. The molecule has 0 aromatic heterocycles. The van der Waals surface area contributed by atoms with Crippen LogP contribution < -0.4 is 5.73 Å². The molecule has 74 valence electrons. The molecule has 0 rings (SSSR count). The maximum absolute atomic E-state index is 5.85. The van der Waals surface area contributed by atoms with Crippen molar-refractivity contribution >= 4 is 0 Å². The molecule has 1 nitrogen and oxygen atoms in total. The number of nitrogens with two attached hydrogens (primary N) is 1. The molecule has 0 spiro atoms. The normalized spacial score (nSPS) is 14.6. The van der Waals surface area contributed by atoms with E-state index in [9.17, 15) is 0 Å². The second-order valence-corrected chi connectivity index (χ2v) is 3.64. The summed E-state index contributed by atoms with van der Waals surface area (Å²) in [6.45, 7) is 14.1. The first-order chi connectivity index (χ1) is 5.48. The molecule has 0 bridgehead atoms. The van der Waals surface area contributed by atoms with Crippen molar-refractivity contribution in [2.24, 2.45) is 11.7 Å². The van der Waals surface area contributed by atoms with E-state index in [1.807, 2.05) is 26.8 Å². The molecule has 1 atom stereocenters. The molecule has 12 heavy (non-hydrogen) atoms. The van der Waals surface area contributed by atoms with Crippen LogP contribution in [0.15, 0.2) is 12.7 Å². The van der Waals surface area contributed by atoms with E-state index in [1.54, 1.807) is 0 Å². The highest BCUT2D eigenvalue weighted by molar-refractivity contribution is 4.95. The van der Waals surface area contributed by atoms with Gasteiger partial charge in [-0.2, -0.15) is 0 Å².